The molecule has 134 valence electrons. The molecule has 1 aromatic heterocycles. The summed E-state index contributed by atoms with van der Waals surface area (Å²) in [5.41, 5.74) is 3.75. The number of likely N-dealkylation sites (tertiary alicyclic amines) is 1. The van der Waals surface area contributed by atoms with E-state index in [2.05, 4.69) is 64.5 Å². The quantitative estimate of drug-likeness (QED) is 0.737. The molecular weight excluding hydrogens is 318 g/mol. The molecule has 1 saturated carbocycles. The lowest BCUT2D eigenvalue weighted by molar-refractivity contribution is 0.144. The van der Waals surface area contributed by atoms with Gasteiger partial charge in [-0.3, -0.25) is 4.90 Å². The van der Waals surface area contributed by atoms with E-state index in [-0.39, 0.29) is 0 Å². The number of para-hydroxylation sites is 2. The normalized spacial score (nSPS) is 26.2. The molecule has 5 rings (SSSR count). The van der Waals surface area contributed by atoms with E-state index < -0.39 is 0 Å². The van der Waals surface area contributed by atoms with Gasteiger partial charge in [0.15, 0.2) is 0 Å². The Bertz CT molecular complexity index is 836. The molecule has 2 aliphatic rings. The van der Waals surface area contributed by atoms with Crippen LogP contribution < -0.4 is 0 Å². The van der Waals surface area contributed by atoms with E-state index in [0.29, 0.717) is 0 Å². The Balaban J connectivity index is 1.23. The highest BCUT2D eigenvalue weighted by atomic mass is 15.2. The van der Waals surface area contributed by atoms with Crippen LogP contribution in [0.25, 0.3) is 11.0 Å². The van der Waals surface area contributed by atoms with Crippen molar-refractivity contribution < 1.29 is 0 Å². The van der Waals surface area contributed by atoms with Crippen molar-refractivity contribution in [1.29, 1.82) is 0 Å². The van der Waals surface area contributed by atoms with E-state index in [1.54, 1.807) is 0 Å². The zero-order chi connectivity index (χ0) is 17.3. The molecule has 3 nitrogen and oxygen atoms in total. The highest BCUT2D eigenvalue weighted by Crippen LogP contribution is 2.40. The summed E-state index contributed by atoms with van der Waals surface area (Å²) in [5, 5.41) is 0. The lowest BCUT2D eigenvalue weighted by atomic mass is 9.76. The number of rotatable bonds is 4. The number of fused-ring (bicyclic) bond motifs is 2. The Hall–Kier alpha value is -2.13. The molecule has 3 heteroatoms. The monoisotopic (exact) mass is 345 g/mol. The third-order valence-corrected chi connectivity index (χ3v) is 6.47. The first-order valence-electron chi connectivity index (χ1n) is 10.1. The van der Waals surface area contributed by atoms with Crippen molar-refractivity contribution in [3.05, 3.63) is 66.0 Å². The maximum Gasteiger partial charge on any atom is 0.121 e. The van der Waals surface area contributed by atoms with Gasteiger partial charge in [-0.2, -0.15) is 0 Å². The molecule has 0 amide bonds. The van der Waals surface area contributed by atoms with Gasteiger partial charge in [-0.25, -0.2) is 4.98 Å². The van der Waals surface area contributed by atoms with E-state index >= 15 is 0 Å². The first kappa shape index (κ1) is 16.1. The van der Waals surface area contributed by atoms with Crippen molar-refractivity contribution in [2.75, 3.05) is 6.54 Å². The summed E-state index contributed by atoms with van der Waals surface area (Å²) in [5.74, 6) is 2.87. The second-order valence-electron chi connectivity index (χ2n) is 8.16. The van der Waals surface area contributed by atoms with Crippen molar-refractivity contribution >= 4 is 11.0 Å². The highest BCUT2D eigenvalue weighted by Gasteiger charge is 2.38. The lowest BCUT2D eigenvalue weighted by Gasteiger charge is -2.35. The van der Waals surface area contributed by atoms with Gasteiger partial charge in [0.1, 0.15) is 5.82 Å². The maximum atomic E-state index is 4.79. The van der Waals surface area contributed by atoms with Crippen LogP contribution in [0.3, 0.4) is 0 Å². The Morgan fingerprint density at radius 1 is 0.962 bits per heavy atom. The Morgan fingerprint density at radius 3 is 2.69 bits per heavy atom. The minimum absolute atomic E-state index is 0.759. The second-order valence-corrected chi connectivity index (χ2v) is 8.16. The molecule has 1 saturated heterocycles. The van der Waals surface area contributed by atoms with Crippen LogP contribution in [-0.4, -0.2) is 27.5 Å². The third kappa shape index (κ3) is 3.16. The van der Waals surface area contributed by atoms with Gasteiger partial charge in [0.25, 0.3) is 0 Å². The predicted octanol–water partition coefficient (Wildman–Crippen LogP) is 4.80. The van der Waals surface area contributed by atoms with Gasteiger partial charge in [0, 0.05) is 6.04 Å². The average Bonchev–Trinajstić information content (AvgIpc) is 3.26. The zero-order valence-electron chi connectivity index (χ0n) is 15.3. The number of aromatic nitrogens is 2. The van der Waals surface area contributed by atoms with Crippen molar-refractivity contribution in [3.63, 3.8) is 0 Å². The summed E-state index contributed by atoms with van der Waals surface area (Å²) >= 11 is 0. The average molecular weight is 345 g/mol. The van der Waals surface area contributed by atoms with Crippen LogP contribution in [-0.2, 0) is 13.0 Å². The number of benzene rings is 2. The molecule has 1 aliphatic carbocycles. The summed E-state index contributed by atoms with van der Waals surface area (Å²) in [7, 11) is 0. The molecule has 3 aromatic rings. The largest absolute Gasteiger partial charge is 0.341 e. The SMILES string of the molecule is c1ccc(C[C@@H]2CC[C@H]3[C@H](CCN3Cc3nc4ccccc4[nH]3)C2)cc1. The number of hydrogen-bond donors (Lipinski definition) is 1. The van der Waals surface area contributed by atoms with Gasteiger partial charge < -0.3 is 4.98 Å². The lowest BCUT2D eigenvalue weighted by Crippen LogP contribution is -2.37. The smallest absolute Gasteiger partial charge is 0.121 e. The number of hydrogen-bond acceptors (Lipinski definition) is 2. The fourth-order valence-corrected chi connectivity index (χ4v) is 5.24. The highest BCUT2D eigenvalue weighted by molar-refractivity contribution is 5.74. The maximum absolute atomic E-state index is 4.79. The van der Waals surface area contributed by atoms with Crippen LogP contribution in [0.1, 0.15) is 37.1 Å². The molecule has 0 spiro atoms. The fraction of sp³-hybridized carbons (Fsp3) is 0.435. The number of aromatic amines is 1. The van der Waals surface area contributed by atoms with Gasteiger partial charge in [0.2, 0.25) is 0 Å². The zero-order valence-corrected chi connectivity index (χ0v) is 15.3. The van der Waals surface area contributed by atoms with Gasteiger partial charge in [0.05, 0.1) is 17.6 Å². The fourth-order valence-electron chi connectivity index (χ4n) is 5.24. The topological polar surface area (TPSA) is 31.9 Å². The standard InChI is InChI=1S/C23H27N3/c1-2-6-17(7-3-1)14-18-10-11-22-19(15-18)12-13-26(22)16-23-24-20-8-4-5-9-21(20)25-23/h1-9,18-19,22H,10-16H2,(H,24,25)/t18-,19+,22-/m0/s1. The van der Waals surface area contributed by atoms with E-state index in [9.17, 15) is 0 Å². The minimum atomic E-state index is 0.759. The van der Waals surface area contributed by atoms with Crippen LogP contribution in [0.4, 0.5) is 0 Å². The summed E-state index contributed by atoms with van der Waals surface area (Å²) in [6, 6.07) is 20.1. The second kappa shape index (κ2) is 6.88. The molecular formula is C23H27N3. The molecule has 1 aliphatic heterocycles. The molecule has 2 aromatic carbocycles. The predicted molar refractivity (Wildman–Crippen MR) is 106 cm³/mol. The molecule has 26 heavy (non-hydrogen) atoms. The summed E-state index contributed by atoms with van der Waals surface area (Å²) in [6.07, 6.45) is 6.73. The molecule has 0 radical (unpaired) electrons. The third-order valence-electron chi connectivity index (χ3n) is 6.47. The van der Waals surface area contributed by atoms with E-state index in [1.807, 2.05) is 0 Å². The number of imidazole rings is 1. The molecule has 0 bridgehead atoms. The molecule has 2 heterocycles. The van der Waals surface area contributed by atoms with Crippen molar-refractivity contribution in [1.82, 2.24) is 14.9 Å². The number of H-pyrrole nitrogens is 1. The number of nitrogens with zero attached hydrogens (tertiary/aromatic N) is 2. The minimum Gasteiger partial charge on any atom is -0.341 e. The Labute approximate surface area is 155 Å². The van der Waals surface area contributed by atoms with Crippen LogP contribution in [0.2, 0.25) is 0 Å². The van der Waals surface area contributed by atoms with Gasteiger partial charge >= 0.3 is 0 Å². The summed E-state index contributed by atoms with van der Waals surface area (Å²) in [4.78, 5) is 11.0. The van der Waals surface area contributed by atoms with E-state index in [1.165, 1.54) is 44.2 Å². The van der Waals surface area contributed by atoms with E-state index in [0.717, 1.165) is 41.3 Å². The van der Waals surface area contributed by atoms with Crippen molar-refractivity contribution in [3.8, 4) is 0 Å². The first-order chi connectivity index (χ1) is 12.8. The van der Waals surface area contributed by atoms with Crippen LogP contribution in [0, 0.1) is 11.8 Å². The van der Waals surface area contributed by atoms with E-state index in [4.69, 9.17) is 4.98 Å². The van der Waals surface area contributed by atoms with Gasteiger partial charge in [-0.1, -0.05) is 42.5 Å². The van der Waals surface area contributed by atoms with Crippen LogP contribution in [0.15, 0.2) is 54.6 Å². The molecule has 3 atom stereocenters. The molecule has 2 fully saturated rings. The first-order valence-corrected chi connectivity index (χ1v) is 10.1. The van der Waals surface area contributed by atoms with Crippen LogP contribution in [0.5, 0.6) is 0 Å². The van der Waals surface area contributed by atoms with Crippen LogP contribution >= 0.6 is 0 Å². The van der Waals surface area contributed by atoms with Crippen molar-refractivity contribution in [2.45, 2.75) is 44.7 Å². The summed E-state index contributed by atoms with van der Waals surface area (Å²) < 4.78 is 0. The van der Waals surface area contributed by atoms with Gasteiger partial charge in [-0.15, -0.1) is 0 Å². The van der Waals surface area contributed by atoms with Crippen molar-refractivity contribution in [2.24, 2.45) is 11.8 Å². The molecule has 0 unspecified atom stereocenters. The molecule has 1 N–H and O–H groups in total. The Morgan fingerprint density at radius 2 is 1.81 bits per heavy atom. The van der Waals surface area contributed by atoms with Gasteiger partial charge in [-0.05, 0) is 68.2 Å². The Kier molecular flexibility index (Phi) is 4.25. The number of nitrogens with one attached hydrogen (secondary N) is 1. The summed E-state index contributed by atoms with van der Waals surface area (Å²) in [6.45, 7) is 2.20.